The van der Waals surface area contributed by atoms with Crippen molar-refractivity contribution in [3.63, 3.8) is 0 Å². The van der Waals surface area contributed by atoms with Gasteiger partial charge in [0, 0.05) is 35.4 Å². The number of likely N-dealkylation sites (N-methyl/N-ethyl adjacent to an activating group) is 1. The van der Waals surface area contributed by atoms with Crippen molar-refractivity contribution in [1.82, 2.24) is 20.4 Å². The smallest absolute Gasteiger partial charge is 0.244 e. The Morgan fingerprint density at radius 1 is 1.10 bits per heavy atom. The SMILES string of the molecule is COc1c(C)cc2c(c1O)[C@@H]1C3=Cc4c(O)c(C)c(OC)c(O)c4[C@H](NC(=O)[C@H](C)NC(C)=O)N3[C@@H](C#N)[C@H](C2)N1C. The van der Waals surface area contributed by atoms with E-state index in [0.717, 1.165) is 11.1 Å². The molecule has 222 valence electrons. The Balaban J connectivity index is 1.80. The van der Waals surface area contributed by atoms with Gasteiger partial charge in [-0.05, 0) is 51.4 Å². The number of fused-ring (bicyclic) bond motifs is 7. The summed E-state index contributed by atoms with van der Waals surface area (Å²) >= 11 is 0. The number of amides is 2. The molecular weight excluding hydrogens is 542 g/mol. The van der Waals surface area contributed by atoms with Crippen LogP contribution in [-0.2, 0) is 16.0 Å². The maximum absolute atomic E-state index is 13.4. The van der Waals surface area contributed by atoms with Gasteiger partial charge in [-0.3, -0.25) is 14.5 Å². The van der Waals surface area contributed by atoms with E-state index in [4.69, 9.17) is 9.47 Å². The number of hydrogen-bond acceptors (Lipinski definition) is 10. The second-order valence-electron chi connectivity index (χ2n) is 11.1. The highest BCUT2D eigenvalue weighted by Crippen LogP contribution is 2.57. The van der Waals surface area contributed by atoms with Crippen LogP contribution in [0, 0.1) is 25.2 Å². The van der Waals surface area contributed by atoms with E-state index in [1.54, 1.807) is 17.9 Å². The summed E-state index contributed by atoms with van der Waals surface area (Å²) in [6, 6.07) is 1.63. The summed E-state index contributed by atoms with van der Waals surface area (Å²) in [5.74, 6) is -1.09. The Morgan fingerprint density at radius 2 is 1.74 bits per heavy atom. The first kappa shape index (κ1) is 28.9. The van der Waals surface area contributed by atoms with Crippen LogP contribution in [0.3, 0.4) is 0 Å². The summed E-state index contributed by atoms with van der Waals surface area (Å²) in [4.78, 5) is 28.9. The molecule has 3 aliphatic rings. The molecule has 12 nitrogen and oxygen atoms in total. The maximum atomic E-state index is 13.4. The molecule has 2 aromatic carbocycles. The monoisotopic (exact) mass is 577 g/mol. The zero-order chi connectivity index (χ0) is 30.8. The number of hydrogen-bond donors (Lipinski definition) is 5. The van der Waals surface area contributed by atoms with Gasteiger partial charge in [0.1, 0.15) is 24.0 Å². The van der Waals surface area contributed by atoms with Crippen molar-refractivity contribution in [3.8, 4) is 34.8 Å². The van der Waals surface area contributed by atoms with E-state index in [0.29, 0.717) is 29.0 Å². The number of nitrogens with one attached hydrogen (secondary N) is 2. The van der Waals surface area contributed by atoms with Crippen molar-refractivity contribution in [1.29, 1.82) is 5.26 Å². The number of nitrogens with zero attached hydrogens (tertiary/aromatic N) is 3. The van der Waals surface area contributed by atoms with Gasteiger partial charge >= 0.3 is 0 Å². The summed E-state index contributed by atoms with van der Waals surface area (Å²) in [5.41, 5.74) is 3.42. The predicted molar refractivity (Wildman–Crippen MR) is 152 cm³/mol. The predicted octanol–water partition coefficient (Wildman–Crippen LogP) is 2.24. The van der Waals surface area contributed by atoms with Crippen molar-refractivity contribution >= 4 is 17.9 Å². The summed E-state index contributed by atoms with van der Waals surface area (Å²) in [6.45, 7) is 6.26. The summed E-state index contributed by atoms with van der Waals surface area (Å²) in [6.07, 6.45) is 0.968. The highest BCUT2D eigenvalue weighted by molar-refractivity contribution is 5.87. The standard InChI is InChI=1S/C30H35N5O7/c1-12-8-16-9-18-20(11-31)35-19(23(34(18)5)21(16)25(38)27(12)41-6)10-17-22(26(39)28(42-7)13(2)24(17)37)29(35)33-30(40)14(3)32-15(4)36/h8,10,14,18,20,23,29,37-39H,9H2,1-7H3,(H,32,36)(H,33,40)/t14-,18-,20-,23-,29+/m0/s1. The Bertz CT molecular complexity index is 1580. The Morgan fingerprint density at radius 3 is 2.33 bits per heavy atom. The second kappa shape index (κ2) is 10.3. The number of ether oxygens (including phenoxy) is 2. The first-order valence-electron chi connectivity index (χ1n) is 13.6. The highest BCUT2D eigenvalue weighted by Gasteiger charge is 2.53. The van der Waals surface area contributed by atoms with Crippen LogP contribution in [0.25, 0.3) is 6.08 Å². The van der Waals surface area contributed by atoms with Gasteiger partial charge in [0.25, 0.3) is 0 Å². The lowest BCUT2D eigenvalue weighted by Gasteiger charge is -2.57. The molecule has 0 radical (unpaired) electrons. The van der Waals surface area contributed by atoms with E-state index in [-0.39, 0.29) is 40.2 Å². The largest absolute Gasteiger partial charge is 0.507 e. The van der Waals surface area contributed by atoms with E-state index in [2.05, 4.69) is 16.7 Å². The van der Waals surface area contributed by atoms with Crippen LogP contribution < -0.4 is 20.1 Å². The van der Waals surface area contributed by atoms with Crippen LogP contribution in [0.2, 0.25) is 0 Å². The normalized spacial score (nSPS) is 22.9. The van der Waals surface area contributed by atoms with Crippen molar-refractivity contribution in [2.45, 2.75) is 64.4 Å². The number of carbonyl (C=O) groups excluding carboxylic acids is 2. The van der Waals surface area contributed by atoms with Crippen LogP contribution in [0.15, 0.2) is 11.8 Å². The molecular formula is C30H35N5O7. The summed E-state index contributed by atoms with van der Waals surface area (Å²) < 4.78 is 10.9. The minimum atomic E-state index is -1.14. The zero-order valence-electron chi connectivity index (χ0n) is 24.6. The Hall–Kier alpha value is -4.63. The lowest BCUT2D eigenvalue weighted by Crippen LogP contribution is -2.64. The third-order valence-corrected chi connectivity index (χ3v) is 8.63. The van der Waals surface area contributed by atoms with Crippen LogP contribution in [-0.4, -0.2) is 76.3 Å². The van der Waals surface area contributed by atoms with Gasteiger partial charge in [0.05, 0.1) is 31.9 Å². The number of aryl methyl sites for hydroxylation is 1. The average molecular weight is 578 g/mol. The molecule has 2 aromatic rings. The van der Waals surface area contributed by atoms with Gasteiger partial charge < -0.3 is 40.3 Å². The van der Waals surface area contributed by atoms with Crippen molar-refractivity contribution in [2.24, 2.45) is 0 Å². The molecule has 0 aromatic heterocycles. The van der Waals surface area contributed by atoms with Gasteiger partial charge in [-0.15, -0.1) is 0 Å². The molecule has 42 heavy (non-hydrogen) atoms. The first-order valence-corrected chi connectivity index (χ1v) is 13.6. The van der Waals surface area contributed by atoms with Gasteiger partial charge in [0.15, 0.2) is 23.0 Å². The average Bonchev–Trinajstić information content (AvgIpc) is 2.92. The fourth-order valence-electron chi connectivity index (χ4n) is 6.75. The minimum Gasteiger partial charge on any atom is -0.507 e. The molecule has 3 heterocycles. The van der Waals surface area contributed by atoms with Gasteiger partial charge in [-0.2, -0.15) is 5.26 Å². The molecule has 1 fully saturated rings. The fourth-order valence-corrected chi connectivity index (χ4v) is 6.75. The maximum Gasteiger partial charge on any atom is 0.244 e. The van der Waals surface area contributed by atoms with Gasteiger partial charge in [-0.1, -0.05) is 6.07 Å². The highest BCUT2D eigenvalue weighted by atomic mass is 16.5. The van der Waals surface area contributed by atoms with Crippen LogP contribution >= 0.6 is 0 Å². The molecule has 3 aliphatic heterocycles. The number of phenols is 3. The number of phenolic OH excluding ortho intramolecular Hbond substituents is 3. The Kier molecular flexibility index (Phi) is 7.10. The van der Waals surface area contributed by atoms with E-state index in [9.17, 15) is 30.2 Å². The van der Waals surface area contributed by atoms with E-state index >= 15 is 0 Å². The second-order valence-corrected chi connectivity index (χ2v) is 11.1. The lowest BCUT2D eigenvalue weighted by molar-refractivity contribution is -0.129. The van der Waals surface area contributed by atoms with E-state index in [1.807, 2.05) is 24.9 Å². The number of methoxy groups -OCH3 is 2. The molecule has 5 atom stereocenters. The molecule has 2 bridgehead atoms. The van der Waals surface area contributed by atoms with Crippen molar-refractivity contribution in [2.75, 3.05) is 21.3 Å². The number of piperazine rings is 1. The number of carbonyl (C=O) groups is 2. The topological polar surface area (TPSA) is 168 Å². The molecule has 0 spiro atoms. The number of rotatable bonds is 5. The van der Waals surface area contributed by atoms with Crippen LogP contribution in [0.4, 0.5) is 0 Å². The number of benzene rings is 2. The van der Waals surface area contributed by atoms with Crippen LogP contribution in [0.1, 0.15) is 59.4 Å². The lowest BCUT2D eigenvalue weighted by atomic mass is 9.76. The molecule has 1 saturated heterocycles. The number of nitriles is 1. The molecule has 0 aliphatic carbocycles. The number of aromatic hydroxyl groups is 3. The molecule has 2 amide bonds. The summed E-state index contributed by atoms with van der Waals surface area (Å²) in [7, 11) is 4.71. The van der Waals surface area contributed by atoms with Gasteiger partial charge in [-0.25, -0.2) is 0 Å². The molecule has 5 rings (SSSR count). The minimum absolute atomic E-state index is 0.0253. The zero-order valence-corrected chi connectivity index (χ0v) is 24.6. The third-order valence-electron chi connectivity index (χ3n) is 8.63. The quantitative estimate of drug-likeness (QED) is 0.333. The third kappa shape index (κ3) is 4.07. The fraction of sp³-hybridized carbons (Fsp3) is 0.433. The molecule has 12 heteroatoms. The molecule has 0 unspecified atom stereocenters. The summed E-state index contributed by atoms with van der Waals surface area (Å²) in [5, 5.41) is 50.3. The van der Waals surface area contributed by atoms with Crippen molar-refractivity contribution < 1.29 is 34.4 Å². The van der Waals surface area contributed by atoms with Crippen molar-refractivity contribution in [3.05, 3.63) is 45.1 Å². The van der Waals surface area contributed by atoms with Gasteiger partial charge in [0.2, 0.25) is 11.8 Å². The van der Waals surface area contributed by atoms with E-state index < -0.39 is 36.1 Å². The molecule has 0 saturated carbocycles. The van der Waals surface area contributed by atoms with E-state index in [1.165, 1.54) is 28.1 Å². The Labute approximate surface area is 243 Å². The molecule has 5 N–H and O–H groups in total. The first-order chi connectivity index (χ1) is 19.9. The van der Waals surface area contributed by atoms with Crippen LogP contribution in [0.5, 0.6) is 28.7 Å².